The summed E-state index contributed by atoms with van der Waals surface area (Å²) in [5.41, 5.74) is 2.63. The monoisotopic (exact) mass is 396 g/mol. The van der Waals surface area contributed by atoms with Crippen molar-refractivity contribution in [1.29, 1.82) is 0 Å². The van der Waals surface area contributed by atoms with Crippen LogP contribution in [0.25, 0.3) is 0 Å². The quantitative estimate of drug-likeness (QED) is 0.747. The van der Waals surface area contributed by atoms with Gasteiger partial charge >= 0.3 is 0 Å². The molecule has 0 bridgehead atoms. The molecule has 2 aromatic carbocycles. The van der Waals surface area contributed by atoms with Crippen molar-refractivity contribution >= 4 is 35.0 Å². The molecule has 1 aliphatic carbocycles. The van der Waals surface area contributed by atoms with E-state index in [1.807, 2.05) is 36.0 Å². The summed E-state index contributed by atoms with van der Waals surface area (Å²) in [6.45, 7) is -0.0519. The van der Waals surface area contributed by atoms with E-state index in [-0.39, 0.29) is 18.4 Å². The molecule has 0 atom stereocenters. The summed E-state index contributed by atoms with van der Waals surface area (Å²) in [6, 6.07) is 13.5. The lowest BCUT2D eigenvalue weighted by Crippen LogP contribution is -2.21. The molecule has 146 valence electrons. The molecule has 0 saturated heterocycles. The van der Waals surface area contributed by atoms with E-state index in [0.717, 1.165) is 22.2 Å². The second-order valence-electron chi connectivity index (χ2n) is 7.25. The number of ether oxygens (including phenoxy) is 1. The van der Waals surface area contributed by atoms with Crippen LogP contribution in [0.15, 0.2) is 47.4 Å². The minimum atomic E-state index is -0.192. The number of hydrogen-bond donors (Lipinski definition) is 2. The fourth-order valence-corrected chi connectivity index (χ4v) is 4.86. The molecule has 4 rings (SSSR count). The predicted molar refractivity (Wildman–Crippen MR) is 112 cm³/mol. The molecule has 2 aliphatic rings. The number of hydrogen-bond acceptors (Lipinski definition) is 4. The number of carbonyl (C=O) groups excluding carboxylic acids is 2. The van der Waals surface area contributed by atoms with Gasteiger partial charge in [0, 0.05) is 27.9 Å². The summed E-state index contributed by atoms with van der Waals surface area (Å²) >= 11 is 1.93. The number of fused-ring (bicyclic) bond motifs is 1. The van der Waals surface area contributed by atoms with Crippen LogP contribution in [0.4, 0.5) is 11.4 Å². The Kier molecular flexibility index (Phi) is 5.86. The first-order valence-electron chi connectivity index (χ1n) is 9.78. The van der Waals surface area contributed by atoms with Crippen molar-refractivity contribution in [2.75, 3.05) is 17.2 Å². The predicted octanol–water partition coefficient (Wildman–Crippen LogP) is 4.62. The highest BCUT2D eigenvalue weighted by Gasteiger charge is 2.17. The smallest absolute Gasteiger partial charge is 0.262 e. The minimum absolute atomic E-state index is 0.0354. The third kappa shape index (κ3) is 4.87. The van der Waals surface area contributed by atoms with Crippen LogP contribution in [0, 0.1) is 0 Å². The molecule has 0 aromatic heterocycles. The standard InChI is InChI=1S/C22H24N2O3S/c25-21-12-5-15-13-17(8-11-20(15)24-21)27-14-22(26)23-16-6-9-19(10-7-16)28-18-3-1-2-4-18/h6-11,13,18H,1-5,12,14H2,(H,23,26)(H,24,25). The number of rotatable bonds is 6. The van der Waals surface area contributed by atoms with Gasteiger partial charge in [0.25, 0.3) is 5.91 Å². The van der Waals surface area contributed by atoms with Crippen molar-refractivity contribution in [3.05, 3.63) is 48.0 Å². The fourth-order valence-electron chi connectivity index (χ4n) is 3.61. The van der Waals surface area contributed by atoms with E-state index in [4.69, 9.17) is 4.74 Å². The van der Waals surface area contributed by atoms with Gasteiger partial charge in [0.1, 0.15) is 5.75 Å². The van der Waals surface area contributed by atoms with E-state index in [1.54, 1.807) is 6.07 Å². The molecule has 1 aliphatic heterocycles. The molecule has 5 nitrogen and oxygen atoms in total. The number of aryl methyl sites for hydroxylation is 1. The summed E-state index contributed by atoms with van der Waals surface area (Å²) in [5.74, 6) is 0.476. The van der Waals surface area contributed by atoms with Crippen LogP contribution >= 0.6 is 11.8 Å². The molecule has 6 heteroatoms. The molecule has 2 aromatic rings. The molecule has 1 fully saturated rings. The normalized spacial score (nSPS) is 16.4. The van der Waals surface area contributed by atoms with Gasteiger partial charge < -0.3 is 15.4 Å². The topological polar surface area (TPSA) is 67.4 Å². The Morgan fingerprint density at radius 2 is 1.89 bits per heavy atom. The highest BCUT2D eigenvalue weighted by molar-refractivity contribution is 8.00. The maximum Gasteiger partial charge on any atom is 0.262 e. The van der Waals surface area contributed by atoms with Gasteiger partial charge in [-0.2, -0.15) is 0 Å². The first kappa shape index (κ1) is 18.9. The van der Waals surface area contributed by atoms with Crippen LogP contribution < -0.4 is 15.4 Å². The maximum atomic E-state index is 12.2. The summed E-state index contributed by atoms with van der Waals surface area (Å²) in [7, 11) is 0. The number of benzene rings is 2. The Balaban J connectivity index is 1.27. The summed E-state index contributed by atoms with van der Waals surface area (Å²) in [6.07, 6.45) is 6.45. The molecule has 2 N–H and O–H groups in total. The molecule has 1 saturated carbocycles. The summed E-state index contributed by atoms with van der Waals surface area (Å²) in [4.78, 5) is 24.8. The van der Waals surface area contributed by atoms with Gasteiger partial charge in [-0.3, -0.25) is 9.59 Å². The maximum absolute atomic E-state index is 12.2. The van der Waals surface area contributed by atoms with E-state index in [1.165, 1.54) is 30.6 Å². The van der Waals surface area contributed by atoms with E-state index in [9.17, 15) is 9.59 Å². The molecular formula is C22H24N2O3S. The molecule has 2 amide bonds. The third-order valence-corrected chi connectivity index (χ3v) is 6.43. The van der Waals surface area contributed by atoms with Crippen molar-refractivity contribution in [3.63, 3.8) is 0 Å². The Bertz CT molecular complexity index is 861. The number of carbonyl (C=O) groups is 2. The van der Waals surface area contributed by atoms with Crippen LogP contribution in [-0.2, 0) is 16.0 Å². The van der Waals surface area contributed by atoms with E-state index >= 15 is 0 Å². The molecular weight excluding hydrogens is 372 g/mol. The fraction of sp³-hybridized carbons (Fsp3) is 0.364. The van der Waals surface area contributed by atoms with Crippen LogP contribution in [0.3, 0.4) is 0 Å². The minimum Gasteiger partial charge on any atom is -0.484 e. The lowest BCUT2D eigenvalue weighted by atomic mass is 10.0. The van der Waals surface area contributed by atoms with Gasteiger partial charge in [0.2, 0.25) is 5.91 Å². The zero-order valence-electron chi connectivity index (χ0n) is 15.7. The molecule has 0 spiro atoms. The first-order chi connectivity index (χ1) is 13.7. The van der Waals surface area contributed by atoms with Crippen molar-refractivity contribution in [1.82, 2.24) is 0 Å². The SMILES string of the molecule is O=C(COc1ccc2c(c1)CCC(=O)N2)Nc1ccc(SC2CCCC2)cc1. The number of amides is 2. The van der Waals surface area contributed by atoms with E-state index in [2.05, 4.69) is 22.8 Å². The largest absolute Gasteiger partial charge is 0.484 e. The lowest BCUT2D eigenvalue weighted by molar-refractivity contribution is -0.118. The molecule has 0 radical (unpaired) electrons. The highest BCUT2D eigenvalue weighted by Crippen LogP contribution is 2.35. The van der Waals surface area contributed by atoms with Gasteiger partial charge in [-0.25, -0.2) is 0 Å². The van der Waals surface area contributed by atoms with Crippen molar-refractivity contribution in [3.8, 4) is 5.75 Å². The van der Waals surface area contributed by atoms with E-state index in [0.29, 0.717) is 18.6 Å². The zero-order chi connectivity index (χ0) is 19.3. The number of anilines is 2. The van der Waals surface area contributed by atoms with Gasteiger partial charge in [-0.05, 0) is 67.3 Å². The Hall–Kier alpha value is -2.47. The first-order valence-corrected chi connectivity index (χ1v) is 10.7. The lowest BCUT2D eigenvalue weighted by Gasteiger charge is -2.17. The van der Waals surface area contributed by atoms with Gasteiger partial charge in [0.05, 0.1) is 0 Å². The highest BCUT2D eigenvalue weighted by atomic mass is 32.2. The zero-order valence-corrected chi connectivity index (χ0v) is 16.5. The molecule has 28 heavy (non-hydrogen) atoms. The summed E-state index contributed by atoms with van der Waals surface area (Å²) in [5, 5.41) is 6.44. The number of nitrogens with one attached hydrogen (secondary N) is 2. The van der Waals surface area contributed by atoms with Crippen molar-refractivity contribution in [2.24, 2.45) is 0 Å². The summed E-state index contributed by atoms with van der Waals surface area (Å²) < 4.78 is 5.62. The van der Waals surface area contributed by atoms with E-state index < -0.39 is 0 Å². The Morgan fingerprint density at radius 1 is 1.11 bits per heavy atom. The van der Waals surface area contributed by atoms with Gasteiger partial charge in [-0.1, -0.05) is 12.8 Å². The van der Waals surface area contributed by atoms with Crippen LogP contribution in [0.2, 0.25) is 0 Å². The van der Waals surface area contributed by atoms with Crippen LogP contribution in [-0.4, -0.2) is 23.7 Å². The van der Waals surface area contributed by atoms with Crippen LogP contribution in [0.5, 0.6) is 5.75 Å². The average Bonchev–Trinajstić information content (AvgIpc) is 3.21. The van der Waals surface area contributed by atoms with Gasteiger partial charge in [-0.15, -0.1) is 11.8 Å². The second-order valence-corrected chi connectivity index (χ2v) is 8.63. The van der Waals surface area contributed by atoms with Crippen molar-refractivity contribution in [2.45, 2.75) is 48.7 Å². The third-order valence-electron chi connectivity index (χ3n) is 5.09. The second kappa shape index (κ2) is 8.69. The van der Waals surface area contributed by atoms with Crippen molar-refractivity contribution < 1.29 is 14.3 Å². The molecule has 0 unspecified atom stereocenters. The van der Waals surface area contributed by atoms with Gasteiger partial charge in [0.15, 0.2) is 6.61 Å². The molecule has 1 heterocycles. The van der Waals surface area contributed by atoms with Crippen LogP contribution in [0.1, 0.15) is 37.7 Å². The Morgan fingerprint density at radius 3 is 2.68 bits per heavy atom. The average molecular weight is 397 g/mol. The number of thioether (sulfide) groups is 1. The Labute approximate surface area is 169 Å².